The molecule has 0 radical (unpaired) electrons. The summed E-state index contributed by atoms with van der Waals surface area (Å²) in [4.78, 5) is 0. The quantitative estimate of drug-likeness (QED) is 0.785. The van der Waals surface area contributed by atoms with Gasteiger partial charge in [-0.2, -0.15) is 5.26 Å². The lowest BCUT2D eigenvalue weighted by Crippen LogP contribution is -1.88. The van der Waals surface area contributed by atoms with E-state index < -0.39 is 0 Å². The molecular formula is C9H7Br2NO. The van der Waals surface area contributed by atoms with Gasteiger partial charge in [-0.25, -0.2) is 0 Å². The van der Waals surface area contributed by atoms with Crippen molar-refractivity contribution < 1.29 is 4.74 Å². The zero-order chi connectivity index (χ0) is 9.84. The molecule has 13 heavy (non-hydrogen) atoms. The summed E-state index contributed by atoms with van der Waals surface area (Å²) in [6, 6.07) is 7.45. The molecule has 0 heterocycles. The summed E-state index contributed by atoms with van der Waals surface area (Å²) < 4.78 is 5.10. The van der Waals surface area contributed by atoms with E-state index in [0.29, 0.717) is 11.3 Å². The van der Waals surface area contributed by atoms with Gasteiger partial charge in [0.25, 0.3) is 0 Å². The van der Waals surface area contributed by atoms with Crippen molar-refractivity contribution in [3.8, 4) is 11.8 Å². The molecule has 0 atom stereocenters. The van der Waals surface area contributed by atoms with Crippen molar-refractivity contribution in [2.24, 2.45) is 0 Å². The molecule has 0 aliphatic rings. The first kappa shape index (κ1) is 10.6. The summed E-state index contributed by atoms with van der Waals surface area (Å²) in [7, 11) is 1.58. The van der Waals surface area contributed by atoms with Gasteiger partial charge in [0.05, 0.1) is 22.5 Å². The molecule has 0 fully saturated rings. The van der Waals surface area contributed by atoms with Gasteiger partial charge < -0.3 is 4.74 Å². The van der Waals surface area contributed by atoms with Crippen molar-refractivity contribution in [1.82, 2.24) is 0 Å². The highest BCUT2D eigenvalue weighted by molar-refractivity contribution is 9.24. The predicted octanol–water partition coefficient (Wildman–Crippen LogP) is 3.36. The fourth-order valence-electron chi connectivity index (χ4n) is 0.930. The van der Waals surface area contributed by atoms with Gasteiger partial charge in [-0.15, -0.1) is 0 Å². The molecule has 1 rings (SSSR count). The number of alkyl halides is 2. The number of rotatable bonds is 2. The molecule has 1 aromatic carbocycles. The molecule has 0 saturated carbocycles. The molecule has 0 N–H and O–H groups in total. The van der Waals surface area contributed by atoms with Crippen LogP contribution in [0.25, 0.3) is 0 Å². The largest absolute Gasteiger partial charge is 0.497 e. The van der Waals surface area contributed by atoms with Gasteiger partial charge in [-0.1, -0.05) is 31.9 Å². The molecule has 0 aromatic heterocycles. The maximum Gasteiger partial charge on any atom is 0.120 e. The van der Waals surface area contributed by atoms with Crippen LogP contribution in [0.5, 0.6) is 5.75 Å². The van der Waals surface area contributed by atoms with E-state index in [1.807, 2.05) is 6.07 Å². The van der Waals surface area contributed by atoms with Crippen molar-refractivity contribution in [2.45, 2.75) is 3.74 Å². The maximum absolute atomic E-state index is 8.73. The first-order chi connectivity index (χ1) is 6.17. The second kappa shape index (κ2) is 4.64. The topological polar surface area (TPSA) is 33.0 Å². The Bertz CT molecular complexity index is 344. The van der Waals surface area contributed by atoms with Gasteiger partial charge >= 0.3 is 0 Å². The lowest BCUT2D eigenvalue weighted by Gasteiger charge is -2.05. The number of nitriles is 1. The van der Waals surface area contributed by atoms with Gasteiger partial charge in [0.2, 0.25) is 0 Å². The van der Waals surface area contributed by atoms with Crippen LogP contribution < -0.4 is 4.74 Å². The molecule has 0 bridgehead atoms. The average molecular weight is 305 g/mol. The lowest BCUT2D eigenvalue weighted by molar-refractivity contribution is 0.414. The van der Waals surface area contributed by atoms with Crippen molar-refractivity contribution in [3.05, 3.63) is 29.3 Å². The summed E-state index contributed by atoms with van der Waals surface area (Å²) in [5, 5.41) is 8.73. The molecule has 2 nitrogen and oxygen atoms in total. The lowest BCUT2D eigenvalue weighted by atomic mass is 10.1. The zero-order valence-corrected chi connectivity index (χ0v) is 10.1. The van der Waals surface area contributed by atoms with Crippen LogP contribution in [0.4, 0.5) is 0 Å². The predicted molar refractivity (Wildman–Crippen MR) is 58.3 cm³/mol. The van der Waals surface area contributed by atoms with Gasteiger partial charge in [0.15, 0.2) is 0 Å². The molecule has 0 aliphatic carbocycles. The van der Waals surface area contributed by atoms with Crippen LogP contribution in [0.15, 0.2) is 18.2 Å². The highest BCUT2D eigenvalue weighted by Gasteiger charge is 2.06. The average Bonchev–Trinajstić information content (AvgIpc) is 2.16. The number of hydrogen-bond donors (Lipinski definition) is 0. The highest BCUT2D eigenvalue weighted by Crippen LogP contribution is 2.32. The minimum absolute atomic E-state index is 0.0437. The summed E-state index contributed by atoms with van der Waals surface area (Å²) in [6.45, 7) is 0. The SMILES string of the molecule is COc1cc(C#N)cc(C(Br)Br)c1. The van der Waals surface area contributed by atoms with Crippen LogP contribution in [0.1, 0.15) is 14.9 Å². The van der Waals surface area contributed by atoms with Gasteiger partial charge in [0, 0.05) is 0 Å². The Hall–Kier alpha value is -0.530. The Labute approximate surface area is 93.8 Å². The number of ether oxygens (including phenoxy) is 1. The van der Waals surface area contributed by atoms with E-state index in [0.717, 1.165) is 5.56 Å². The van der Waals surface area contributed by atoms with Crippen molar-refractivity contribution >= 4 is 31.9 Å². The number of methoxy groups -OCH3 is 1. The van der Waals surface area contributed by atoms with E-state index in [1.165, 1.54) is 0 Å². The second-order valence-corrected chi connectivity index (χ2v) is 5.47. The third kappa shape index (κ3) is 2.71. The van der Waals surface area contributed by atoms with Crippen molar-refractivity contribution in [2.75, 3.05) is 7.11 Å². The molecule has 0 spiro atoms. The van der Waals surface area contributed by atoms with E-state index in [9.17, 15) is 0 Å². The fourth-order valence-corrected chi connectivity index (χ4v) is 1.46. The Morgan fingerprint density at radius 2 is 2.08 bits per heavy atom. The van der Waals surface area contributed by atoms with Crippen LogP contribution in [0, 0.1) is 11.3 Å². The molecule has 1 aromatic rings. The molecular weight excluding hydrogens is 298 g/mol. The van der Waals surface area contributed by atoms with Crippen LogP contribution in [-0.4, -0.2) is 7.11 Å². The summed E-state index contributed by atoms with van der Waals surface area (Å²) >= 11 is 6.72. The molecule has 0 aliphatic heterocycles. The maximum atomic E-state index is 8.73. The third-order valence-electron chi connectivity index (χ3n) is 1.55. The van der Waals surface area contributed by atoms with Crippen LogP contribution >= 0.6 is 31.9 Å². The Morgan fingerprint density at radius 1 is 1.38 bits per heavy atom. The summed E-state index contributed by atoms with van der Waals surface area (Å²) in [5.41, 5.74) is 1.56. The molecule has 0 unspecified atom stereocenters. The number of benzene rings is 1. The Kier molecular flexibility index (Phi) is 3.76. The monoisotopic (exact) mass is 303 g/mol. The molecule has 68 valence electrons. The minimum Gasteiger partial charge on any atom is -0.497 e. The van der Waals surface area contributed by atoms with E-state index in [2.05, 4.69) is 37.9 Å². The first-order valence-corrected chi connectivity index (χ1v) is 5.37. The van der Waals surface area contributed by atoms with Gasteiger partial charge in [-0.3, -0.25) is 0 Å². The Balaban J connectivity index is 3.17. The Morgan fingerprint density at radius 3 is 2.54 bits per heavy atom. The fraction of sp³-hybridized carbons (Fsp3) is 0.222. The smallest absolute Gasteiger partial charge is 0.120 e. The zero-order valence-electron chi connectivity index (χ0n) is 6.92. The third-order valence-corrected chi connectivity index (χ3v) is 2.60. The van der Waals surface area contributed by atoms with Crippen LogP contribution in [0.2, 0.25) is 0 Å². The molecule has 0 saturated heterocycles. The number of nitrogens with zero attached hydrogens (tertiary/aromatic N) is 1. The summed E-state index contributed by atoms with van der Waals surface area (Å²) in [5.74, 6) is 0.693. The minimum atomic E-state index is 0.0437. The number of halogens is 2. The van der Waals surface area contributed by atoms with Crippen molar-refractivity contribution in [3.63, 3.8) is 0 Å². The standard InChI is InChI=1S/C9H7Br2NO/c1-13-8-3-6(5-12)2-7(4-8)9(10)11/h2-4,9H,1H3. The molecule has 0 amide bonds. The van der Waals surface area contributed by atoms with Crippen molar-refractivity contribution in [1.29, 1.82) is 5.26 Å². The first-order valence-electron chi connectivity index (χ1n) is 3.54. The number of hydrogen-bond acceptors (Lipinski definition) is 2. The van der Waals surface area contributed by atoms with E-state index in [4.69, 9.17) is 10.00 Å². The van der Waals surface area contributed by atoms with Crippen LogP contribution in [-0.2, 0) is 0 Å². The normalized spacial score (nSPS) is 9.77. The van der Waals surface area contributed by atoms with E-state index in [1.54, 1.807) is 19.2 Å². The van der Waals surface area contributed by atoms with Gasteiger partial charge in [0.1, 0.15) is 5.75 Å². The highest BCUT2D eigenvalue weighted by atomic mass is 79.9. The van der Waals surface area contributed by atoms with E-state index >= 15 is 0 Å². The summed E-state index contributed by atoms with van der Waals surface area (Å²) in [6.07, 6.45) is 0. The van der Waals surface area contributed by atoms with Gasteiger partial charge in [-0.05, 0) is 23.8 Å². The second-order valence-electron chi connectivity index (χ2n) is 2.41. The van der Waals surface area contributed by atoms with Crippen LogP contribution in [0.3, 0.4) is 0 Å². The van der Waals surface area contributed by atoms with E-state index in [-0.39, 0.29) is 3.74 Å². The molecule has 4 heteroatoms.